The molecular formula is C12H26S. The summed E-state index contributed by atoms with van der Waals surface area (Å²) in [5.41, 5.74) is 0. The lowest BCUT2D eigenvalue weighted by atomic mass is 10.1. The van der Waals surface area contributed by atoms with Gasteiger partial charge in [-0.1, -0.05) is 52.9 Å². The van der Waals surface area contributed by atoms with Gasteiger partial charge in [-0.3, -0.25) is 0 Å². The van der Waals surface area contributed by atoms with E-state index in [2.05, 4.69) is 32.5 Å². The summed E-state index contributed by atoms with van der Waals surface area (Å²) in [5.74, 6) is 1.38. The van der Waals surface area contributed by atoms with Crippen LogP contribution in [-0.4, -0.2) is 11.0 Å². The molecule has 0 aliphatic carbocycles. The smallest absolute Gasteiger partial charge is 0.00160 e. The van der Waals surface area contributed by atoms with E-state index in [4.69, 9.17) is 0 Å². The number of hydrogen-bond acceptors (Lipinski definition) is 1. The minimum Gasteiger partial charge on any atom is -0.159 e. The molecular weight excluding hydrogens is 176 g/mol. The molecule has 0 saturated heterocycles. The third-order valence-electron chi connectivity index (χ3n) is 2.48. The Labute approximate surface area is 88.9 Å². The lowest BCUT2D eigenvalue weighted by Gasteiger charge is -2.07. The molecule has 1 heteroatoms. The van der Waals surface area contributed by atoms with Crippen molar-refractivity contribution in [1.29, 1.82) is 0 Å². The molecule has 0 unspecified atom stereocenters. The zero-order chi connectivity index (χ0) is 9.94. The van der Waals surface area contributed by atoms with Crippen molar-refractivity contribution in [3.8, 4) is 0 Å². The molecule has 80 valence electrons. The van der Waals surface area contributed by atoms with Gasteiger partial charge in [0.15, 0.2) is 0 Å². The molecule has 0 aromatic heterocycles. The predicted octanol–water partition coefficient (Wildman–Crippen LogP) is 4.88. The molecule has 0 aromatic rings. The summed E-state index contributed by atoms with van der Waals surface area (Å²) in [6.07, 6.45) is 9.89. The highest BCUT2D eigenvalue weighted by Crippen LogP contribution is 2.16. The van der Waals surface area contributed by atoms with Crippen molar-refractivity contribution < 1.29 is 0 Å². The van der Waals surface area contributed by atoms with Crippen molar-refractivity contribution >= 4 is 11.8 Å². The van der Waals surface area contributed by atoms with Crippen molar-refractivity contribution in [2.45, 2.75) is 71.0 Å². The van der Waals surface area contributed by atoms with E-state index in [9.17, 15) is 0 Å². The van der Waals surface area contributed by atoms with Crippen LogP contribution < -0.4 is 0 Å². The van der Waals surface area contributed by atoms with Gasteiger partial charge in [-0.05, 0) is 18.6 Å². The van der Waals surface area contributed by atoms with Crippen LogP contribution in [0.1, 0.15) is 65.7 Å². The number of hydrogen-bond donors (Lipinski definition) is 0. The minimum atomic E-state index is 0.871. The largest absolute Gasteiger partial charge is 0.159 e. The highest BCUT2D eigenvalue weighted by Gasteiger charge is 1.97. The van der Waals surface area contributed by atoms with E-state index >= 15 is 0 Å². The van der Waals surface area contributed by atoms with Crippen molar-refractivity contribution in [1.82, 2.24) is 0 Å². The fraction of sp³-hybridized carbons (Fsp3) is 1.00. The van der Waals surface area contributed by atoms with Crippen LogP contribution in [0, 0.1) is 0 Å². The molecule has 0 rings (SSSR count). The summed E-state index contributed by atoms with van der Waals surface area (Å²) < 4.78 is 0. The summed E-state index contributed by atoms with van der Waals surface area (Å²) in [4.78, 5) is 0. The molecule has 1 atom stereocenters. The van der Waals surface area contributed by atoms with Crippen LogP contribution >= 0.6 is 11.8 Å². The first-order valence-corrected chi connectivity index (χ1v) is 6.97. The quantitative estimate of drug-likeness (QED) is 0.480. The van der Waals surface area contributed by atoms with Crippen LogP contribution in [0.2, 0.25) is 0 Å². The first kappa shape index (κ1) is 13.4. The monoisotopic (exact) mass is 202 g/mol. The van der Waals surface area contributed by atoms with Gasteiger partial charge in [-0.15, -0.1) is 0 Å². The average molecular weight is 202 g/mol. The molecule has 0 spiro atoms. The Morgan fingerprint density at radius 1 is 0.923 bits per heavy atom. The van der Waals surface area contributed by atoms with Crippen LogP contribution in [0.4, 0.5) is 0 Å². The van der Waals surface area contributed by atoms with Gasteiger partial charge >= 0.3 is 0 Å². The topological polar surface area (TPSA) is 0 Å². The Bertz CT molecular complexity index is 91.1. The predicted molar refractivity (Wildman–Crippen MR) is 65.6 cm³/mol. The van der Waals surface area contributed by atoms with Crippen molar-refractivity contribution in [2.24, 2.45) is 0 Å². The van der Waals surface area contributed by atoms with E-state index in [-0.39, 0.29) is 0 Å². The van der Waals surface area contributed by atoms with Gasteiger partial charge in [0.05, 0.1) is 0 Å². The third kappa shape index (κ3) is 10.3. The molecule has 0 nitrogen and oxygen atoms in total. The van der Waals surface area contributed by atoms with Gasteiger partial charge in [0, 0.05) is 5.25 Å². The SMILES string of the molecule is CCCCCCCCS[C@H](C)CC. The summed E-state index contributed by atoms with van der Waals surface area (Å²) in [7, 11) is 0. The maximum Gasteiger partial charge on any atom is 0.00160 e. The highest BCUT2D eigenvalue weighted by atomic mass is 32.2. The second kappa shape index (κ2) is 10.4. The maximum atomic E-state index is 2.34. The van der Waals surface area contributed by atoms with E-state index in [1.807, 2.05) is 0 Å². The molecule has 0 heterocycles. The Morgan fingerprint density at radius 3 is 2.15 bits per heavy atom. The summed E-state index contributed by atoms with van der Waals surface area (Å²) in [6, 6.07) is 0. The lowest BCUT2D eigenvalue weighted by Crippen LogP contribution is -1.94. The fourth-order valence-corrected chi connectivity index (χ4v) is 2.29. The molecule has 0 radical (unpaired) electrons. The minimum absolute atomic E-state index is 0.871. The molecule has 0 amide bonds. The van der Waals surface area contributed by atoms with Gasteiger partial charge in [0.1, 0.15) is 0 Å². The maximum absolute atomic E-state index is 2.34. The molecule has 0 N–H and O–H groups in total. The molecule has 0 aliphatic rings. The van der Waals surface area contributed by atoms with Crippen molar-refractivity contribution in [3.05, 3.63) is 0 Å². The Balaban J connectivity index is 2.91. The lowest BCUT2D eigenvalue weighted by molar-refractivity contribution is 0.626. The summed E-state index contributed by atoms with van der Waals surface area (Å²) in [5, 5.41) is 0.871. The van der Waals surface area contributed by atoms with E-state index in [0.29, 0.717) is 0 Å². The van der Waals surface area contributed by atoms with Gasteiger partial charge < -0.3 is 0 Å². The van der Waals surface area contributed by atoms with Gasteiger partial charge in [0.25, 0.3) is 0 Å². The van der Waals surface area contributed by atoms with Crippen LogP contribution in [0.5, 0.6) is 0 Å². The molecule has 0 saturated carbocycles. The number of rotatable bonds is 9. The second-order valence-corrected chi connectivity index (χ2v) is 5.40. The van der Waals surface area contributed by atoms with E-state index < -0.39 is 0 Å². The molecule has 0 aliphatic heterocycles. The molecule has 0 bridgehead atoms. The average Bonchev–Trinajstić information content (AvgIpc) is 2.16. The van der Waals surface area contributed by atoms with Gasteiger partial charge in [-0.2, -0.15) is 11.8 Å². The zero-order valence-electron chi connectivity index (χ0n) is 9.64. The number of unbranched alkanes of at least 4 members (excludes halogenated alkanes) is 5. The standard InChI is InChI=1S/C12H26S/c1-4-6-7-8-9-10-11-13-12(3)5-2/h12H,4-11H2,1-3H3/t12-/m1/s1. The molecule has 13 heavy (non-hydrogen) atoms. The zero-order valence-corrected chi connectivity index (χ0v) is 10.5. The Hall–Kier alpha value is 0.350. The van der Waals surface area contributed by atoms with Crippen molar-refractivity contribution in [3.63, 3.8) is 0 Å². The van der Waals surface area contributed by atoms with Crippen LogP contribution in [0.15, 0.2) is 0 Å². The summed E-state index contributed by atoms with van der Waals surface area (Å²) >= 11 is 2.14. The Morgan fingerprint density at radius 2 is 1.54 bits per heavy atom. The highest BCUT2D eigenvalue weighted by molar-refractivity contribution is 7.99. The summed E-state index contributed by atoms with van der Waals surface area (Å²) in [6.45, 7) is 6.89. The van der Waals surface area contributed by atoms with E-state index in [0.717, 1.165) is 5.25 Å². The normalized spacial score (nSPS) is 13.2. The molecule has 0 aromatic carbocycles. The second-order valence-electron chi connectivity index (χ2n) is 3.86. The van der Waals surface area contributed by atoms with E-state index in [1.165, 1.54) is 50.7 Å². The first-order valence-electron chi connectivity index (χ1n) is 5.92. The third-order valence-corrected chi connectivity index (χ3v) is 3.90. The molecule has 0 fully saturated rings. The van der Waals surface area contributed by atoms with Crippen molar-refractivity contribution in [2.75, 3.05) is 5.75 Å². The van der Waals surface area contributed by atoms with Crippen LogP contribution in [-0.2, 0) is 0 Å². The van der Waals surface area contributed by atoms with Gasteiger partial charge in [0.2, 0.25) is 0 Å². The fourth-order valence-electron chi connectivity index (χ4n) is 1.28. The first-order chi connectivity index (χ1) is 6.31. The number of thioether (sulfide) groups is 1. The van der Waals surface area contributed by atoms with Gasteiger partial charge in [-0.25, -0.2) is 0 Å². The Kier molecular flexibility index (Phi) is 10.7. The van der Waals surface area contributed by atoms with Crippen LogP contribution in [0.3, 0.4) is 0 Å². The van der Waals surface area contributed by atoms with Crippen LogP contribution in [0.25, 0.3) is 0 Å². The van der Waals surface area contributed by atoms with E-state index in [1.54, 1.807) is 0 Å².